The van der Waals surface area contributed by atoms with Crippen LogP contribution in [-0.2, 0) is 0 Å². The van der Waals surface area contributed by atoms with Gasteiger partial charge in [0.25, 0.3) is 0 Å². The van der Waals surface area contributed by atoms with Gasteiger partial charge >= 0.3 is 12.3 Å². The monoisotopic (exact) mass is 238 g/mol. The van der Waals surface area contributed by atoms with Gasteiger partial charge in [0.2, 0.25) is 0 Å². The van der Waals surface area contributed by atoms with Crippen LogP contribution in [0.25, 0.3) is 0 Å². The van der Waals surface area contributed by atoms with Crippen molar-refractivity contribution >= 4 is 5.82 Å². The van der Waals surface area contributed by atoms with Crippen molar-refractivity contribution in [2.45, 2.75) is 12.3 Å². The van der Waals surface area contributed by atoms with Crippen LogP contribution in [0.4, 0.5) is 23.4 Å². The maximum Gasteiger partial charge on any atom is 0.324 e. The number of alkyl halides is 4. The number of pyridine rings is 1. The van der Waals surface area contributed by atoms with E-state index in [4.69, 9.17) is 4.74 Å². The van der Waals surface area contributed by atoms with E-state index >= 15 is 0 Å². The Morgan fingerprint density at radius 3 is 2.75 bits per heavy atom. The van der Waals surface area contributed by atoms with E-state index < -0.39 is 18.9 Å². The van der Waals surface area contributed by atoms with Crippen LogP contribution in [0.1, 0.15) is 0 Å². The molecule has 0 aromatic carbocycles. The summed E-state index contributed by atoms with van der Waals surface area (Å²) < 4.78 is 53.7. The molecule has 0 aliphatic rings. The van der Waals surface area contributed by atoms with E-state index in [2.05, 4.69) is 10.3 Å². The van der Waals surface area contributed by atoms with Gasteiger partial charge in [0.1, 0.15) is 0 Å². The first-order valence-electron chi connectivity index (χ1n) is 4.36. The van der Waals surface area contributed by atoms with Crippen molar-refractivity contribution in [2.24, 2.45) is 0 Å². The fourth-order valence-corrected chi connectivity index (χ4v) is 0.967. The minimum atomic E-state index is -4.09. The maximum absolute atomic E-state index is 12.6. The molecule has 1 heterocycles. The predicted octanol–water partition coefficient (Wildman–Crippen LogP) is 2.40. The number of hydrogen-bond acceptors (Lipinski definition) is 3. The molecule has 0 radical (unpaired) electrons. The van der Waals surface area contributed by atoms with Gasteiger partial charge < -0.3 is 10.1 Å². The average Bonchev–Trinajstić information content (AvgIpc) is 2.26. The lowest BCUT2D eigenvalue weighted by Crippen LogP contribution is -2.35. The summed E-state index contributed by atoms with van der Waals surface area (Å²) in [6.45, 7) is -1.20. The molecule has 3 nitrogen and oxygen atoms in total. The molecule has 0 bridgehead atoms. The van der Waals surface area contributed by atoms with Crippen molar-refractivity contribution in [3.05, 3.63) is 18.3 Å². The van der Waals surface area contributed by atoms with Gasteiger partial charge in [-0.1, -0.05) is 0 Å². The first kappa shape index (κ1) is 12.5. The summed E-state index contributed by atoms with van der Waals surface area (Å²) in [7, 11) is 1.33. The summed E-state index contributed by atoms with van der Waals surface area (Å²) in [6, 6.07) is 3.02. The van der Waals surface area contributed by atoms with Crippen molar-refractivity contribution in [3.8, 4) is 5.75 Å². The Morgan fingerprint density at radius 2 is 2.19 bits per heavy atom. The SMILES string of the molecule is COc1cccnc1NCC(F)(F)C(F)F. The van der Waals surface area contributed by atoms with Gasteiger partial charge in [-0.3, -0.25) is 0 Å². The quantitative estimate of drug-likeness (QED) is 0.800. The van der Waals surface area contributed by atoms with Gasteiger partial charge in [-0.15, -0.1) is 0 Å². The Kier molecular flexibility index (Phi) is 3.92. The van der Waals surface area contributed by atoms with Gasteiger partial charge in [0, 0.05) is 6.20 Å². The van der Waals surface area contributed by atoms with Crippen LogP contribution in [0.5, 0.6) is 5.75 Å². The van der Waals surface area contributed by atoms with Crippen LogP contribution in [0, 0.1) is 0 Å². The Bertz CT molecular complexity index is 346. The third kappa shape index (κ3) is 2.98. The van der Waals surface area contributed by atoms with E-state index in [-0.39, 0.29) is 11.6 Å². The van der Waals surface area contributed by atoms with Crippen LogP contribution in [-0.4, -0.2) is 31.0 Å². The molecule has 1 N–H and O–H groups in total. The Labute approximate surface area is 89.4 Å². The Morgan fingerprint density at radius 1 is 1.50 bits per heavy atom. The zero-order chi connectivity index (χ0) is 12.2. The van der Waals surface area contributed by atoms with Crippen LogP contribution in [0.15, 0.2) is 18.3 Å². The predicted molar refractivity (Wildman–Crippen MR) is 50.2 cm³/mol. The molecule has 0 aliphatic heterocycles. The van der Waals surface area contributed by atoms with Crippen LogP contribution in [0.2, 0.25) is 0 Å². The fraction of sp³-hybridized carbons (Fsp3) is 0.444. The van der Waals surface area contributed by atoms with Crippen molar-refractivity contribution in [1.82, 2.24) is 4.98 Å². The smallest absolute Gasteiger partial charge is 0.324 e. The number of methoxy groups -OCH3 is 1. The molecule has 0 spiro atoms. The van der Waals surface area contributed by atoms with E-state index in [1.807, 2.05) is 0 Å². The lowest BCUT2D eigenvalue weighted by molar-refractivity contribution is -0.117. The second kappa shape index (κ2) is 5.00. The number of ether oxygens (including phenoxy) is 1. The number of nitrogens with zero attached hydrogens (tertiary/aromatic N) is 1. The first-order valence-corrected chi connectivity index (χ1v) is 4.36. The summed E-state index contributed by atoms with van der Waals surface area (Å²) in [6.07, 6.45) is -2.37. The highest BCUT2D eigenvalue weighted by atomic mass is 19.3. The standard InChI is InChI=1S/C9H10F4N2O/c1-16-6-3-2-4-14-7(6)15-5-9(12,13)8(10)11/h2-4,8H,5H2,1H3,(H,14,15). The number of halogens is 4. The molecule has 7 heteroatoms. The molecule has 0 amide bonds. The van der Waals surface area contributed by atoms with Crippen molar-refractivity contribution < 1.29 is 22.3 Å². The Balaban J connectivity index is 2.67. The molecule has 0 saturated carbocycles. The van der Waals surface area contributed by atoms with Gasteiger partial charge in [-0.05, 0) is 12.1 Å². The molecule has 90 valence electrons. The van der Waals surface area contributed by atoms with Crippen LogP contribution in [0.3, 0.4) is 0 Å². The molecule has 1 rings (SSSR count). The van der Waals surface area contributed by atoms with E-state index in [9.17, 15) is 17.6 Å². The molecule has 1 aromatic heterocycles. The minimum Gasteiger partial charge on any atom is -0.493 e. The zero-order valence-electron chi connectivity index (χ0n) is 8.38. The lowest BCUT2D eigenvalue weighted by atomic mass is 10.3. The Hall–Kier alpha value is -1.53. The van der Waals surface area contributed by atoms with E-state index in [0.717, 1.165) is 0 Å². The molecule has 0 atom stereocenters. The summed E-state index contributed by atoms with van der Waals surface area (Å²) in [5.41, 5.74) is 0. The molecule has 0 saturated heterocycles. The van der Waals surface area contributed by atoms with E-state index in [1.54, 1.807) is 0 Å². The fourth-order valence-electron chi connectivity index (χ4n) is 0.967. The molecule has 1 aromatic rings. The second-order valence-corrected chi connectivity index (χ2v) is 2.97. The first-order chi connectivity index (χ1) is 7.47. The normalized spacial score (nSPS) is 11.6. The highest BCUT2D eigenvalue weighted by Gasteiger charge is 2.40. The second-order valence-electron chi connectivity index (χ2n) is 2.97. The van der Waals surface area contributed by atoms with Gasteiger partial charge in [-0.2, -0.15) is 8.78 Å². The third-order valence-electron chi connectivity index (χ3n) is 1.80. The van der Waals surface area contributed by atoms with Crippen molar-refractivity contribution in [2.75, 3.05) is 19.0 Å². The minimum absolute atomic E-state index is 0.00493. The van der Waals surface area contributed by atoms with E-state index in [1.165, 1.54) is 25.4 Å². The van der Waals surface area contributed by atoms with Gasteiger partial charge in [0.15, 0.2) is 11.6 Å². The van der Waals surface area contributed by atoms with Gasteiger partial charge in [0.05, 0.1) is 13.7 Å². The van der Waals surface area contributed by atoms with Crippen LogP contribution >= 0.6 is 0 Å². The number of hydrogen-bond donors (Lipinski definition) is 1. The lowest BCUT2D eigenvalue weighted by Gasteiger charge is -2.17. The molecular formula is C9H10F4N2O. The van der Waals surface area contributed by atoms with Crippen molar-refractivity contribution in [3.63, 3.8) is 0 Å². The highest BCUT2D eigenvalue weighted by Crippen LogP contribution is 2.25. The van der Waals surface area contributed by atoms with Gasteiger partial charge in [-0.25, -0.2) is 13.8 Å². The third-order valence-corrected chi connectivity index (χ3v) is 1.80. The molecule has 0 unspecified atom stereocenters. The summed E-state index contributed by atoms with van der Waals surface area (Å²) in [5.74, 6) is -3.87. The summed E-state index contributed by atoms with van der Waals surface area (Å²) in [4.78, 5) is 3.70. The highest BCUT2D eigenvalue weighted by molar-refractivity contribution is 5.49. The van der Waals surface area contributed by atoms with Crippen molar-refractivity contribution in [1.29, 1.82) is 0 Å². The summed E-state index contributed by atoms with van der Waals surface area (Å²) in [5, 5.41) is 2.12. The molecular weight excluding hydrogens is 228 g/mol. The molecule has 16 heavy (non-hydrogen) atoms. The number of aromatic nitrogens is 1. The number of nitrogens with one attached hydrogen (secondary N) is 1. The number of rotatable bonds is 5. The van der Waals surface area contributed by atoms with Crippen LogP contribution < -0.4 is 10.1 Å². The average molecular weight is 238 g/mol. The molecule has 0 fully saturated rings. The van der Waals surface area contributed by atoms with E-state index in [0.29, 0.717) is 0 Å². The topological polar surface area (TPSA) is 34.1 Å². The maximum atomic E-state index is 12.6. The number of anilines is 1. The summed E-state index contributed by atoms with van der Waals surface area (Å²) >= 11 is 0. The zero-order valence-corrected chi connectivity index (χ0v) is 8.38. The largest absolute Gasteiger partial charge is 0.493 e. The molecule has 0 aliphatic carbocycles.